The van der Waals surface area contributed by atoms with Gasteiger partial charge in [0, 0.05) is 18.1 Å². The number of aromatic nitrogens is 2. The Labute approximate surface area is 126 Å². The van der Waals surface area contributed by atoms with E-state index in [9.17, 15) is 22.8 Å². The van der Waals surface area contributed by atoms with Gasteiger partial charge < -0.3 is 0 Å². The summed E-state index contributed by atoms with van der Waals surface area (Å²) in [6.07, 6.45) is -4.81. The molecular formula is C12H7Cl2F3N2O2. The third-order valence-corrected chi connectivity index (χ3v) is 3.30. The Bertz CT molecular complexity index is 825. The van der Waals surface area contributed by atoms with Crippen molar-refractivity contribution in [3.63, 3.8) is 0 Å². The number of halogens is 5. The fraction of sp³-hybridized carbons (Fsp3) is 0.167. The molecule has 0 aliphatic heterocycles. The van der Waals surface area contributed by atoms with Crippen LogP contribution in [0.15, 0.2) is 33.9 Å². The average Bonchev–Trinajstić information content (AvgIpc) is 2.35. The van der Waals surface area contributed by atoms with Crippen molar-refractivity contribution in [2.24, 2.45) is 7.05 Å². The summed E-state index contributed by atoms with van der Waals surface area (Å²) >= 11 is 11.6. The van der Waals surface area contributed by atoms with E-state index in [0.29, 0.717) is 15.2 Å². The first-order valence-corrected chi connectivity index (χ1v) is 6.24. The molecule has 0 unspecified atom stereocenters. The predicted molar refractivity (Wildman–Crippen MR) is 72.3 cm³/mol. The van der Waals surface area contributed by atoms with E-state index in [1.165, 1.54) is 18.2 Å². The molecule has 4 nitrogen and oxygen atoms in total. The molecule has 0 spiro atoms. The van der Waals surface area contributed by atoms with Crippen LogP contribution >= 0.6 is 23.2 Å². The molecule has 0 N–H and O–H groups in total. The molecule has 1 aromatic heterocycles. The molecule has 1 aromatic carbocycles. The molecule has 0 aliphatic rings. The second-order valence-corrected chi connectivity index (χ2v) is 4.98. The van der Waals surface area contributed by atoms with E-state index in [1.807, 2.05) is 0 Å². The van der Waals surface area contributed by atoms with E-state index in [1.54, 1.807) is 0 Å². The molecule has 2 rings (SSSR count). The lowest BCUT2D eigenvalue weighted by atomic mass is 10.3. The molecule has 0 saturated heterocycles. The van der Waals surface area contributed by atoms with E-state index in [4.69, 9.17) is 23.2 Å². The predicted octanol–water partition coefficient (Wildman–Crippen LogP) is 2.86. The Morgan fingerprint density at radius 2 is 1.71 bits per heavy atom. The van der Waals surface area contributed by atoms with Crippen LogP contribution in [0.1, 0.15) is 5.69 Å². The van der Waals surface area contributed by atoms with Gasteiger partial charge in [0.2, 0.25) is 0 Å². The Morgan fingerprint density at radius 1 is 1.10 bits per heavy atom. The van der Waals surface area contributed by atoms with Crippen molar-refractivity contribution in [3.05, 3.63) is 60.8 Å². The molecule has 21 heavy (non-hydrogen) atoms. The van der Waals surface area contributed by atoms with E-state index in [2.05, 4.69) is 0 Å². The highest BCUT2D eigenvalue weighted by atomic mass is 35.5. The van der Waals surface area contributed by atoms with Crippen molar-refractivity contribution >= 4 is 23.2 Å². The Kier molecular flexibility index (Phi) is 3.90. The molecule has 2 aromatic rings. The third-order valence-electron chi connectivity index (χ3n) is 2.76. The van der Waals surface area contributed by atoms with Crippen LogP contribution in [0.4, 0.5) is 13.2 Å². The highest BCUT2D eigenvalue weighted by molar-refractivity contribution is 6.35. The Morgan fingerprint density at radius 3 is 2.24 bits per heavy atom. The third kappa shape index (κ3) is 2.84. The van der Waals surface area contributed by atoms with Gasteiger partial charge in [0.05, 0.1) is 10.7 Å². The van der Waals surface area contributed by atoms with Gasteiger partial charge in [-0.2, -0.15) is 13.2 Å². The highest BCUT2D eigenvalue weighted by Crippen LogP contribution is 2.27. The lowest BCUT2D eigenvalue weighted by molar-refractivity contribution is -0.144. The smallest absolute Gasteiger partial charge is 0.292 e. The van der Waals surface area contributed by atoms with Crippen molar-refractivity contribution in [3.8, 4) is 5.69 Å². The molecule has 0 radical (unpaired) electrons. The molecule has 9 heteroatoms. The average molecular weight is 339 g/mol. The summed E-state index contributed by atoms with van der Waals surface area (Å²) < 4.78 is 39.1. The summed E-state index contributed by atoms with van der Waals surface area (Å²) in [5.74, 6) is 0. The van der Waals surface area contributed by atoms with Crippen molar-refractivity contribution in [1.29, 1.82) is 0 Å². The quantitative estimate of drug-likeness (QED) is 0.802. The van der Waals surface area contributed by atoms with Crippen molar-refractivity contribution in [1.82, 2.24) is 9.13 Å². The fourth-order valence-corrected chi connectivity index (χ4v) is 2.28. The normalized spacial score (nSPS) is 11.7. The number of alkyl halides is 3. The Balaban J connectivity index is 2.82. The molecule has 112 valence electrons. The van der Waals surface area contributed by atoms with E-state index in [0.717, 1.165) is 7.05 Å². The van der Waals surface area contributed by atoms with Gasteiger partial charge in [-0.25, -0.2) is 9.36 Å². The van der Waals surface area contributed by atoms with Crippen LogP contribution in [0, 0.1) is 0 Å². The molecule has 0 amide bonds. The van der Waals surface area contributed by atoms with E-state index >= 15 is 0 Å². The van der Waals surface area contributed by atoms with Gasteiger partial charge in [0.25, 0.3) is 5.56 Å². The zero-order chi connectivity index (χ0) is 15.9. The van der Waals surface area contributed by atoms with Crippen molar-refractivity contribution < 1.29 is 13.2 Å². The van der Waals surface area contributed by atoms with Gasteiger partial charge >= 0.3 is 11.9 Å². The van der Waals surface area contributed by atoms with Gasteiger partial charge in [-0.3, -0.25) is 9.36 Å². The zero-order valence-corrected chi connectivity index (χ0v) is 11.9. The SMILES string of the molecule is Cn1c(C(F)(F)F)cc(=O)n(-c2ccc(Cl)cc2Cl)c1=O. The summed E-state index contributed by atoms with van der Waals surface area (Å²) in [5, 5.41) is 0.238. The Hall–Kier alpha value is -1.73. The van der Waals surface area contributed by atoms with Gasteiger partial charge in [0.1, 0.15) is 5.69 Å². The molecule has 0 atom stereocenters. The van der Waals surface area contributed by atoms with Crippen LogP contribution in [0.25, 0.3) is 5.69 Å². The van der Waals surface area contributed by atoms with Crippen LogP contribution in [0.3, 0.4) is 0 Å². The monoisotopic (exact) mass is 338 g/mol. The van der Waals surface area contributed by atoms with Crippen LogP contribution in [-0.2, 0) is 13.2 Å². The number of benzene rings is 1. The van der Waals surface area contributed by atoms with Crippen molar-refractivity contribution in [2.45, 2.75) is 6.18 Å². The number of nitrogens with zero attached hydrogens (tertiary/aromatic N) is 2. The number of hydrogen-bond donors (Lipinski definition) is 0. The largest absolute Gasteiger partial charge is 0.431 e. The molecule has 0 bridgehead atoms. The first-order valence-electron chi connectivity index (χ1n) is 5.48. The van der Waals surface area contributed by atoms with Gasteiger partial charge in [-0.05, 0) is 18.2 Å². The van der Waals surface area contributed by atoms with Crippen LogP contribution in [-0.4, -0.2) is 9.13 Å². The van der Waals surface area contributed by atoms with Gasteiger partial charge in [-0.1, -0.05) is 23.2 Å². The van der Waals surface area contributed by atoms with Crippen molar-refractivity contribution in [2.75, 3.05) is 0 Å². The maximum absolute atomic E-state index is 12.7. The summed E-state index contributed by atoms with van der Waals surface area (Å²) in [7, 11) is 0.922. The molecule has 0 aliphatic carbocycles. The summed E-state index contributed by atoms with van der Waals surface area (Å²) in [6, 6.07) is 4.27. The summed E-state index contributed by atoms with van der Waals surface area (Å²) in [5.41, 5.74) is -3.66. The van der Waals surface area contributed by atoms with Crippen LogP contribution in [0.5, 0.6) is 0 Å². The zero-order valence-electron chi connectivity index (χ0n) is 10.4. The van der Waals surface area contributed by atoms with Gasteiger partial charge in [0.15, 0.2) is 0 Å². The number of hydrogen-bond acceptors (Lipinski definition) is 2. The molecule has 0 fully saturated rings. The van der Waals surface area contributed by atoms with Crippen LogP contribution < -0.4 is 11.2 Å². The van der Waals surface area contributed by atoms with Gasteiger partial charge in [-0.15, -0.1) is 0 Å². The minimum atomic E-state index is -4.81. The molecular weight excluding hydrogens is 332 g/mol. The van der Waals surface area contributed by atoms with Crippen LogP contribution in [0.2, 0.25) is 10.0 Å². The summed E-state index contributed by atoms with van der Waals surface area (Å²) in [4.78, 5) is 23.9. The maximum Gasteiger partial charge on any atom is 0.431 e. The molecule has 0 saturated carbocycles. The summed E-state index contributed by atoms with van der Waals surface area (Å²) in [6.45, 7) is 0. The fourth-order valence-electron chi connectivity index (χ4n) is 1.78. The van der Waals surface area contributed by atoms with E-state index < -0.39 is 23.1 Å². The first-order chi connectivity index (χ1) is 9.62. The minimum absolute atomic E-state index is 0.0264. The number of rotatable bonds is 1. The minimum Gasteiger partial charge on any atom is -0.292 e. The lowest BCUT2D eigenvalue weighted by Gasteiger charge is -2.14. The standard InChI is InChI=1S/C12H7Cl2F3N2O2/c1-18-9(12(15,16)17)5-10(20)19(11(18)21)8-3-2-6(13)4-7(8)14/h2-5H,1H3. The maximum atomic E-state index is 12.7. The second kappa shape index (κ2) is 5.23. The lowest BCUT2D eigenvalue weighted by Crippen LogP contribution is -2.40. The highest BCUT2D eigenvalue weighted by Gasteiger charge is 2.35. The topological polar surface area (TPSA) is 44.0 Å². The van der Waals surface area contributed by atoms with E-state index in [-0.39, 0.29) is 15.7 Å². The first kappa shape index (κ1) is 15.7. The molecule has 1 heterocycles. The second-order valence-electron chi connectivity index (χ2n) is 4.14.